The monoisotopic (exact) mass is 256 g/mol. The highest BCUT2D eigenvalue weighted by atomic mass is 35.5. The van der Waals surface area contributed by atoms with Crippen LogP contribution in [0.3, 0.4) is 0 Å². The molecule has 0 spiro atoms. The van der Waals surface area contributed by atoms with Crippen molar-refractivity contribution in [1.82, 2.24) is 20.0 Å². The molecule has 0 aromatic carbocycles. The zero-order chi connectivity index (χ0) is 12.4. The molecule has 2 heterocycles. The van der Waals surface area contributed by atoms with E-state index in [4.69, 9.17) is 11.6 Å². The Morgan fingerprint density at radius 3 is 3.00 bits per heavy atom. The second-order valence-corrected chi connectivity index (χ2v) is 4.30. The molecule has 0 aliphatic carbocycles. The van der Waals surface area contributed by atoms with Gasteiger partial charge < -0.3 is 10.2 Å². The Morgan fingerprint density at radius 1 is 1.53 bits per heavy atom. The largest absolute Gasteiger partial charge is 0.359 e. The fourth-order valence-corrected chi connectivity index (χ4v) is 1.83. The number of aromatic nitrogens is 2. The summed E-state index contributed by atoms with van der Waals surface area (Å²) < 4.78 is 14.5. The van der Waals surface area contributed by atoms with Gasteiger partial charge in [-0.2, -0.15) is 5.10 Å². The van der Waals surface area contributed by atoms with Crippen molar-refractivity contribution in [3.05, 3.63) is 35.9 Å². The van der Waals surface area contributed by atoms with Gasteiger partial charge in [0.15, 0.2) is 5.62 Å². The first-order chi connectivity index (χ1) is 8.11. The molecule has 1 N–H and O–H groups in total. The van der Waals surface area contributed by atoms with Crippen LogP contribution in [0.15, 0.2) is 24.7 Å². The van der Waals surface area contributed by atoms with E-state index in [1.165, 1.54) is 0 Å². The van der Waals surface area contributed by atoms with E-state index in [9.17, 15) is 4.39 Å². The second-order valence-electron chi connectivity index (χ2n) is 3.88. The van der Waals surface area contributed by atoms with Gasteiger partial charge in [-0.25, -0.2) is 4.39 Å². The van der Waals surface area contributed by atoms with Gasteiger partial charge in [0.1, 0.15) is 12.4 Å². The quantitative estimate of drug-likeness (QED) is 0.647. The molecule has 92 valence electrons. The van der Waals surface area contributed by atoms with Crippen molar-refractivity contribution in [2.45, 2.75) is 12.3 Å². The van der Waals surface area contributed by atoms with Gasteiger partial charge >= 0.3 is 0 Å². The van der Waals surface area contributed by atoms with Gasteiger partial charge in [0, 0.05) is 37.6 Å². The van der Waals surface area contributed by atoms with Crippen LogP contribution in [0.5, 0.6) is 0 Å². The van der Waals surface area contributed by atoms with E-state index in [0.29, 0.717) is 5.69 Å². The third-order valence-corrected chi connectivity index (χ3v) is 2.97. The molecule has 0 radical (unpaired) electrons. The number of halogens is 2. The van der Waals surface area contributed by atoms with Crippen LogP contribution >= 0.6 is 11.6 Å². The molecule has 1 aromatic heterocycles. The Morgan fingerprint density at radius 2 is 2.29 bits per heavy atom. The molecule has 1 aromatic rings. The number of hydrogen-bond donors (Lipinski definition) is 1. The summed E-state index contributed by atoms with van der Waals surface area (Å²) in [6, 6.07) is 0. The summed E-state index contributed by atoms with van der Waals surface area (Å²) in [5, 5.41) is 7.05. The summed E-state index contributed by atoms with van der Waals surface area (Å²) in [4.78, 5) is 1.81. The molecule has 0 amide bonds. The van der Waals surface area contributed by atoms with Crippen molar-refractivity contribution in [1.29, 1.82) is 0 Å². The zero-order valence-corrected chi connectivity index (χ0v) is 10.4. The predicted octanol–water partition coefficient (Wildman–Crippen LogP) is 1.80. The maximum atomic E-state index is 12.8. The number of nitrogens with zero attached hydrogens (tertiary/aromatic N) is 3. The molecule has 0 bridgehead atoms. The van der Waals surface area contributed by atoms with Gasteiger partial charge in [-0.1, -0.05) is 11.6 Å². The summed E-state index contributed by atoms with van der Waals surface area (Å²) in [6.07, 6.45) is 7.27. The number of aryl methyl sites for hydroxylation is 1. The molecular formula is C11H14ClFN4. The van der Waals surface area contributed by atoms with Gasteiger partial charge in [0.05, 0.1) is 0 Å². The molecule has 0 saturated carbocycles. The minimum Gasteiger partial charge on any atom is -0.359 e. The van der Waals surface area contributed by atoms with Crippen LogP contribution in [0.4, 0.5) is 4.39 Å². The van der Waals surface area contributed by atoms with Crippen molar-refractivity contribution in [3.8, 4) is 0 Å². The Hall–Kier alpha value is -1.49. The molecular weight excluding hydrogens is 243 g/mol. The Balaban J connectivity index is 2.41. The van der Waals surface area contributed by atoms with Crippen LogP contribution in [0.25, 0.3) is 5.57 Å². The normalized spacial score (nSPS) is 19.9. The first-order valence-electron chi connectivity index (χ1n) is 5.21. The first kappa shape index (κ1) is 12.0. The molecule has 1 unspecified atom stereocenters. The van der Waals surface area contributed by atoms with E-state index in [1.54, 1.807) is 24.1 Å². The number of nitrogens with one attached hydrogen (secondary N) is 1. The van der Waals surface area contributed by atoms with Crippen LogP contribution < -0.4 is 5.32 Å². The average Bonchev–Trinajstić information content (AvgIpc) is 2.60. The second kappa shape index (κ2) is 4.79. The summed E-state index contributed by atoms with van der Waals surface area (Å²) in [6.45, 7) is -0.581. The lowest BCUT2D eigenvalue weighted by Gasteiger charge is -2.19. The van der Waals surface area contributed by atoms with Crippen molar-refractivity contribution in [2.24, 2.45) is 7.05 Å². The van der Waals surface area contributed by atoms with Crippen molar-refractivity contribution in [3.63, 3.8) is 0 Å². The minimum absolute atomic E-state index is 0.311. The lowest BCUT2D eigenvalue weighted by atomic mass is 10.1. The SMILES string of the molecule is CN1C=C(c2cn(C)nc2CF)C=CNC1Cl. The van der Waals surface area contributed by atoms with E-state index < -0.39 is 6.67 Å². The molecule has 17 heavy (non-hydrogen) atoms. The third-order valence-electron chi connectivity index (χ3n) is 2.54. The van der Waals surface area contributed by atoms with Gasteiger partial charge in [-0.05, 0) is 12.3 Å². The molecule has 1 aliphatic rings. The number of hydrogen-bond acceptors (Lipinski definition) is 3. The van der Waals surface area contributed by atoms with Crippen molar-refractivity contribution >= 4 is 17.2 Å². The van der Waals surface area contributed by atoms with E-state index in [0.717, 1.165) is 11.1 Å². The standard InChI is InChI=1S/C11H14ClFN4/c1-16-6-8(3-4-14-11(16)12)9-7-17(2)15-10(9)5-13/h3-4,6-7,11,14H,5H2,1-2H3. The summed E-state index contributed by atoms with van der Waals surface area (Å²) in [5.74, 6) is 0. The first-order valence-corrected chi connectivity index (χ1v) is 5.64. The molecule has 4 nitrogen and oxygen atoms in total. The Kier molecular flexibility index (Phi) is 3.38. The molecule has 0 saturated heterocycles. The van der Waals surface area contributed by atoms with Gasteiger partial charge in [-0.15, -0.1) is 0 Å². The summed E-state index contributed by atoms with van der Waals surface area (Å²) in [7, 11) is 3.62. The van der Waals surface area contributed by atoms with Crippen LogP contribution in [0, 0.1) is 0 Å². The number of alkyl halides is 2. The molecule has 6 heteroatoms. The molecule has 0 fully saturated rings. The fourth-order valence-electron chi connectivity index (χ4n) is 1.70. The predicted molar refractivity (Wildman–Crippen MR) is 65.7 cm³/mol. The number of allylic oxidation sites excluding steroid dienone is 2. The Bertz CT molecular complexity index is 466. The van der Waals surface area contributed by atoms with Crippen LogP contribution in [0.2, 0.25) is 0 Å². The van der Waals surface area contributed by atoms with Crippen molar-refractivity contribution < 1.29 is 4.39 Å². The van der Waals surface area contributed by atoms with E-state index in [2.05, 4.69) is 10.4 Å². The van der Waals surface area contributed by atoms with Crippen molar-refractivity contribution in [2.75, 3.05) is 7.05 Å². The summed E-state index contributed by atoms with van der Waals surface area (Å²) >= 11 is 6.03. The van der Waals surface area contributed by atoms with E-state index in [-0.39, 0.29) is 5.62 Å². The maximum absolute atomic E-state index is 12.8. The van der Waals surface area contributed by atoms with E-state index in [1.807, 2.05) is 24.2 Å². The zero-order valence-electron chi connectivity index (χ0n) is 9.69. The third kappa shape index (κ3) is 2.44. The highest BCUT2D eigenvalue weighted by Crippen LogP contribution is 2.23. The summed E-state index contributed by atoms with van der Waals surface area (Å²) in [5.41, 5.74) is 1.79. The van der Waals surface area contributed by atoms with Crippen LogP contribution in [0.1, 0.15) is 11.3 Å². The van der Waals surface area contributed by atoms with Gasteiger partial charge in [-0.3, -0.25) is 4.68 Å². The Labute approximate surface area is 104 Å². The molecule has 1 atom stereocenters. The maximum Gasteiger partial charge on any atom is 0.176 e. The smallest absolute Gasteiger partial charge is 0.176 e. The van der Waals surface area contributed by atoms with E-state index >= 15 is 0 Å². The lowest BCUT2D eigenvalue weighted by Crippen LogP contribution is -2.31. The van der Waals surface area contributed by atoms with Gasteiger partial charge in [0.2, 0.25) is 0 Å². The number of rotatable bonds is 2. The topological polar surface area (TPSA) is 33.1 Å². The van der Waals surface area contributed by atoms with Gasteiger partial charge in [0.25, 0.3) is 0 Å². The van der Waals surface area contributed by atoms with Crippen LogP contribution in [-0.2, 0) is 13.7 Å². The lowest BCUT2D eigenvalue weighted by molar-refractivity contribution is 0.397. The fraction of sp³-hybridized carbons (Fsp3) is 0.364. The highest BCUT2D eigenvalue weighted by molar-refractivity contribution is 6.20. The highest BCUT2D eigenvalue weighted by Gasteiger charge is 2.15. The molecule has 1 aliphatic heterocycles. The molecule has 2 rings (SSSR count). The van der Waals surface area contributed by atoms with Crippen LogP contribution in [-0.4, -0.2) is 27.4 Å². The average molecular weight is 257 g/mol. The minimum atomic E-state index is -0.581.